The molecule has 0 spiro atoms. The molecule has 5 rings (SSSR count). The third-order valence-corrected chi connectivity index (χ3v) is 6.59. The molecule has 176 valence electrons. The number of rotatable bonds is 8. The number of ketones is 1. The van der Waals surface area contributed by atoms with Crippen molar-refractivity contribution in [2.45, 2.75) is 12.0 Å². The quantitative estimate of drug-likeness (QED) is 0.469. The van der Waals surface area contributed by atoms with E-state index in [1.54, 1.807) is 25.3 Å². The van der Waals surface area contributed by atoms with E-state index >= 15 is 0 Å². The van der Waals surface area contributed by atoms with Crippen molar-refractivity contribution in [2.75, 3.05) is 40.0 Å². The number of carbonyl (C=O) groups is 1. The third kappa shape index (κ3) is 4.50. The second kappa shape index (κ2) is 9.85. The van der Waals surface area contributed by atoms with Crippen molar-refractivity contribution in [3.63, 3.8) is 0 Å². The van der Waals surface area contributed by atoms with Gasteiger partial charge in [0.2, 0.25) is 0 Å². The van der Waals surface area contributed by atoms with Crippen molar-refractivity contribution < 1.29 is 23.4 Å². The minimum absolute atomic E-state index is 0.0119. The van der Waals surface area contributed by atoms with Crippen LogP contribution in [0.1, 0.15) is 33.5 Å². The Hall–Kier alpha value is -3.38. The van der Waals surface area contributed by atoms with Crippen molar-refractivity contribution in [1.82, 2.24) is 4.90 Å². The molecule has 0 aliphatic carbocycles. The van der Waals surface area contributed by atoms with Gasteiger partial charge in [-0.05, 0) is 41.5 Å². The van der Waals surface area contributed by atoms with Crippen LogP contribution in [-0.2, 0) is 0 Å². The number of halogens is 1. The number of methoxy groups -OCH3 is 1. The number of carbonyl (C=O) groups excluding carboxylic acids is 1. The van der Waals surface area contributed by atoms with E-state index in [2.05, 4.69) is 4.90 Å². The van der Waals surface area contributed by atoms with Gasteiger partial charge in [-0.15, -0.1) is 0 Å². The molecule has 2 heterocycles. The van der Waals surface area contributed by atoms with Crippen LogP contribution < -0.4 is 14.2 Å². The number of benzene rings is 3. The highest BCUT2D eigenvalue weighted by Crippen LogP contribution is 2.45. The minimum atomic E-state index is -0.470. The first-order chi connectivity index (χ1) is 16.7. The van der Waals surface area contributed by atoms with E-state index in [0.29, 0.717) is 23.7 Å². The number of fused-ring (bicyclic) bond motifs is 1. The Morgan fingerprint density at radius 1 is 0.971 bits per heavy atom. The average Bonchev–Trinajstić information content (AvgIpc) is 2.86. The Morgan fingerprint density at radius 2 is 1.71 bits per heavy atom. The SMILES string of the molecule is COc1ccc2c(c1)C(=O)C(c1ccccc1)C(c1ccc(OCCN3CC(CF)C3)cc1)O2. The molecule has 1 saturated heterocycles. The summed E-state index contributed by atoms with van der Waals surface area (Å²) in [6, 6.07) is 22.8. The van der Waals surface area contributed by atoms with Crippen molar-refractivity contribution in [1.29, 1.82) is 0 Å². The zero-order valence-electron chi connectivity index (χ0n) is 19.2. The van der Waals surface area contributed by atoms with E-state index in [4.69, 9.17) is 14.2 Å². The smallest absolute Gasteiger partial charge is 0.178 e. The molecule has 0 saturated carbocycles. The normalized spacial score (nSPS) is 20.2. The van der Waals surface area contributed by atoms with E-state index in [0.717, 1.165) is 36.5 Å². The van der Waals surface area contributed by atoms with Gasteiger partial charge < -0.3 is 14.2 Å². The maximum atomic E-state index is 13.6. The molecular weight excluding hydrogens is 433 g/mol. The topological polar surface area (TPSA) is 48.0 Å². The summed E-state index contributed by atoms with van der Waals surface area (Å²) in [6.07, 6.45) is -0.455. The van der Waals surface area contributed by atoms with E-state index in [1.165, 1.54) is 0 Å². The second-order valence-electron chi connectivity index (χ2n) is 8.85. The first kappa shape index (κ1) is 22.4. The second-order valence-corrected chi connectivity index (χ2v) is 8.85. The lowest BCUT2D eigenvalue weighted by Gasteiger charge is -2.37. The van der Waals surface area contributed by atoms with Gasteiger partial charge in [0.25, 0.3) is 0 Å². The highest BCUT2D eigenvalue weighted by atomic mass is 19.1. The Kier molecular flexibility index (Phi) is 6.50. The molecular formula is C28H28FNO4. The van der Waals surface area contributed by atoms with Crippen LogP contribution in [0.5, 0.6) is 17.2 Å². The van der Waals surface area contributed by atoms with Gasteiger partial charge in [0.05, 0.1) is 25.3 Å². The van der Waals surface area contributed by atoms with E-state index < -0.39 is 12.0 Å². The zero-order chi connectivity index (χ0) is 23.5. The third-order valence-electron chi connectivity index (χ3n) is 6.59. The molecule has 0 bridgehead atoms. The fourth-order valence-electron chi connectivity index (χ4n) is 4.69. The number of Topliss-reactive ketones (excluding diaryl/α,β-unsaturated/α-hetero) is 1. The predicted molar refractivity (Wildman–Crippen MR) is 128 cm³/mol. The van der Waals surface area contributed by atoms with Gasteiger partial charge in [-0.3, -0.25) is 14.1 Å². The van der Waals surface area contributed by atoms with Gasteiger partial charge in [0.1, 0.15) is 30.0 Å². The molecule has 3 aromatic rings. The lowest BCUT2D eigenvalue weighted by molar-refractivity contribution is 0.0668. The number of hydrogen-bond acceptors (Lipinski definition) is 5. The Morgan fingerprint density at radius 3 is 2.41 bits per heavy atom. The summed E-state index contributed by atoms with van der Waals surface area (Å²) in [7, 11) is 1.58. The van der Waals surface area contributed by atoms with Crippen LogP contribution in [0, 0.1) is 5.92 Å². The molecule has 6 heteroatoms. The van der Waals surface area contributed by atoms with Crippen molar-refractivity contribution in [3.8, 4) is 17.2 Å². The highest BCUT2D eigenvalue weighted by molar-refractivity contribution is 6.05. The summed E-state index contributed by atoms with van der Waals surface area (Å²) in [5, 5.41) is 0. The molecule has 5 nitrogen and oxygen atoms in total. The minimum Gasteiger partial charge on any atom is -0.497 e. The van der Waals surface area contributed by atoms with Crippen LogP contribution in [0.4, 0.5) is 4.39 Å². The monoisotopic (exact) mass is 461 g/mol. The predicted octanol–water partition coefficient (Wildman–Crippen LogP) is 5.08. The summed E-state index contributed by atoms with van der Waals surface area (Å²) in [5.74, 6) is 1.67. The van der Waals surface area contributed by atoms with Gasteiger partial charge in [-0.25, -0.2) is 0 Å². The maximum absolute atomic E-state index is 13.6. The molecule has 2 atom stereocenters. The fourth-order valence-corrected chi connectivity index (χ4v) is 4.69. The molecule has 2 aliphatic rings. The molecule has 2 unspecified atom stereocenters. The summed E-state index contributed by atoms with van der Waals surface area (Å²) in [6.45, 7) is 2.71. The molecule has 2 aliphatic heterocycles. The Balaban J connectivity index is 1.34. The summed E-state index contributed by atoms with van der Waals surface area (Å²) >= 11 is 0. The first-order valence-electron chi connectivity index (χ1n) is 11.6. The van der Waals surface area contributed by atoms with Gasteiger partial charge in [-0.1, -0.05) is 42.5 Å². The highest BCUT2D eigenvalue weighted by Gasteiger charge is 2.39. The molecule has 0 N–H and O–H groups in total. The number of ether oxygens (including phenoxy) is 3. The van der Waals surface area contributed by atoms with Crippen LogP contribution in [0.15, 0.2) is 72.8 Å². The summed E-state index contributed by atoms with van der Waals surface area (Å²) < 4.78 is 30.2. The van der Waals surface area contributed by atoms with Crippen molar-refractivity contribution in [3.05, 3.63) is 89.5 Å². The average molecular weight is 462 g/mol. The lowest BCUT2D eigenvalue weighted by Crippen LogP contribution is -2.49. The van der Waals surface area contributed by atoms with Crippen LogP contribution in [0.25, 0.3) is 0 Å². The van der Waals surface area contributed by atoms with Crippen molar-refractivity contribution in [2.24, 2.45) is 5.92 Å². The van der Waals surface area contributed by atoms with Crippen LogP contribution in [-0.4, -0.2) is 50.7 Å². The molecule has 3 aromatic carbocycles. The van der Waals surface area contributed by atoms with Gasteiger partial charge in [-0.2, -0.15) is 0 Å². The van der Waals surface area contributed by atoms with Crippen LogP contribution in [0.3, 0.4) is 0 Å². The molecule has 0 aromatic heterocycles. The molecule has 0 radical (unpaired) electrons. The van der Waals surface area contributed by atoms with Gasteiger partial charge >= 0.3 is 0 Å². The molecule has 0 amide bonds. The van der Waals surface area contributed by atoms with Crippen LogP contribution in [0.2, 0.25) is 0 Å². The van der Waals surface area contributed by atoms with Gasteiger partial charge in [0.15, 0.2) is 5.78 Å². The Bertz CT molecular complexity index is 1130. The largest absolute Gasteiger partial charge is 0.497 e. The zero-order valence-corrected chi connectivity index (χ0v) is 19.2. The number of alkyl halides is 1. The maximum Gasteiger partial charge on any atom is 0.178 e. The van der Waals surface area contributed by atoms with E-state index in [-0.39, 0.29) is 18.4 Å². The number of nitrogens with zero attached hydrogens (tertiary/aromatic N) is 1. The van der Waals surface area contributed by atoms with E-state index in [1.807, 2.05) is 54.6 Å². The first-order valence-corrected chi connectivity index (χ1v) is 11.6. The Labute approximate surface area is 199 Å². The van der Waals surface area contributed by atoms with Gasteiger partial charge in [0, 0.05) is 25.6 Å². The van der Waals surface area contributed by atoms with Crippen molar-refractivity contribution >= 4 is 5.78 Å². The molecule has 34 heavy (non-hydrogen) atoms. The lowest BCUT2D eigenvalue weighted by atomic mass is 9.81. The summed E-state index contributed by atoms with van der Waals surface area (Å²) in [4.78, 5) is 15.8. The standard InChI is InChI=1S/C28H28FNO4/c1-32-23-11-12-25-24(15-23)27(31)26(20-5-3-2-4-6-20)28(34-25)21-7-9-22(10-8-21)33-14-13-30-17-19(16-29)18-30/h2-12,15,19,26,28H,13-14,16-18H2,1H3. The number of hydrogen-bond donors (Lipinski definition) is 0. The number of likely N-dealkylation sites (tertiary alicyclic amines) is 1. The molecule has 1 fully saturated rings. The van der Waals surface area contributed by atoms with E-state index in [9.17, 15) is 9.18 Å². The fraction of sp³-hybridized carbons (Fsp3) is 0.321. The van der Waals surface area contributed by atoms with Crippen LogP contribution >= 0.6 is 0 Å². The summed E-state index contributed by atoms with van der Waals surface area (Å²) in [5.41, 5.74) is 2.35.